The molecule has 1 atom stereocenters. The van der Waals surface area contributed by atoms with Gasteiger partial charge in [-0.2, -0.15) is 17.8 Å². The van der Waals surface area contributed by atoms with E-state index in [1.54, 1.807) is 5.57 Å². The summed E-state index contributed by atoms with van der Waals surface area (Å²) in [5, 5.41) is 0. The molecule has 0 amide bonds. The molecular formula is C21H31Cl2STi. The van der Waals surface area contributed by atoms with Crippen LogP contribution < -0.4 is 24.8 Å². The van der Waals surface area contributed by atoms with Crippen molar-refractivity contribution in [3.8, 4) is 0 Å². The summed E-state index contributed by atoms with van der Waals surface area (Å²) >= 11 is 2.19. The van der Waals surface area contributed by atoms with Gasteiger partial charge in [-0.1, -0.05) is 51.8 Å². The molecule has 139 valence electrons. The summed E-state index contributed by atoms with van der Waals surface area (Å²) in [4.78, 5) is 0. The summed E-state index contributed by atoms with van der Waals surface area (Å²) < 4.78 is 0.226. The molecule has 0 bridgehead atoms. The minimum absolute atomic E-state index is 0. The Balaban J connectivity index is 0. The molecule has 0 fully saturated rings. The van der Waals surface area contributed by atoms with Crippen molar-refractivity contribution in [2.75, 3.05) is 5.75 Å². The first kappa shape index (κ1) is 27.8. The Labute approximate surface area is 187 Å². The van der Waals surface area contributed by atoms with E-state index in [-0.39, 0.29) is 56.7 Å². The van der Waals surface area contributed by atoms with Gasteiger partial charge in [-0.15, -0.1) is 6.42 Å². The molecule has 0 spiro atoms. The van der Waals surface area contributed by atoms with E-state index in [0.717, 1.165) is 19.3 Å². The number of thioether (sulfide) groups is 1. The number of hydrogen-bond acceptors (Lipinski definition) is 1. The first-order valence-electron chi connectivity index (χ1n) is 8.67. The topological polar surface area (TPSA) is 0 Å². The van der Waals surface area contributed by atoms with Crippen LogP contribution in [0.4, 0.5) is 0 Å². The van der Waals surface area contributed by atoms with Crippen molar-refractivity contribution in [2.45, 2.75) is 71.5 Å². The van der Waals surface area contributed by atoms with Crippen LogP contribution in [-0.2, 0) is 21.7 Å². The van der Waals surface area contributed by atoms with Crippen molar-refractivity contribution >= 4 is 11.8 Å². The molecule has 4 heteroatoms. The van der Waals surface area contributed by atoms with Gasteiger partial charge in [-0.3, -0.25) is 6.08 Å². The fraction of sp³-hybridized carbons (Fsp3) is 0.619. The van der Waals surface area contributed by atoms with E-state index in [1.807, 2.05) is 0 Å². The summed E-state index contributed by atoms with van der Waals surface area (Å²) in [7, 11) is 0. The Morgan fingerprint density at radius 2 is 1.92 bits per heavy atom. The van der Waals surface area contributed by atoms with Crippen LogP contribution in [-0.4, -0.2) is 10.5 Å². The van der Waals surface area contributed by atoms with E-state index in [0.29, 0.717) is 0 Å². The number of unbranched alkanes of at least 4 members (excludes halogenated alkanes) is 1. The Bertz CT molecular complexity index is 527. The first-order valence-corrected chi connectivity index (χ1v) is 9.65. The van der Waals surface area contributed by atoms with E-state index < -0.39 is 0 Å². The molecule has 0 aliphatic heterocycles. The van der Waals surface area contributed by atoms with Crippen molar-refractivity contribution in [1.82, 2.24) is 0 Å². The molecule has 0 N–H and O–H groups in total. The molecule has 2 aliphatic carbocycles. The van der Waals surface area contributed by atoms with Crippen molar-refractivity contribution in [3.63, 3.8) is 0 Å². The summed E-state index contributed by atoms with van der Waals surface area (Å²) in [5.41, 5.74) is 4.68. The van der Waals surface area contributed by atoms with E-state index in [9.17, 15) is 0 Å². The molecule has 0 heterocycles. The van der Waals surface area contributed by atoms with Gasteiger partial charge < -0.3 is 24.8 Å². The van der Waals surface area contributed by atoms with Crippen LogP contribution >= 0.6 is 11.8 Å². The summed E-state index contributed by atoms with van der Waals surface area (Å²) in [6.45, 7) is 11.6. The summed E-state index contributed by atoms with van der Waals surface area (Å²) in [6.07, 6.45) is 18.8. The van der Waals surface area contributed by atoms with Crippen LogP contribution in [0.2, 0.25) is 0 Å². The minimum atomic E-state index is 0. The molecule has 2 rings (SSSR count). The van der Waals surface area contributed by atoms with Crippen LogP contribution in [0.25, 0.3) is 0 Å². The van der Waals surface area contributed by atoms with Crippen molar-refractivity contribution in [3.05, 3.63) is 47.1 Å². The third-order valence-electron chi connectivity index (χ3n) is 4.54. The maximum absolute atomic E-state index is 3.55. The number of rotatable bonds is 6. The van der Waals surface area contributed by atoms with Crippen molar-refractivity contribution in [2.24, 2.45) is 5.41 Å². The van der Waals surface area contributed by atoms with Crippen LogP contribution in [0.3, 0.4) is 0 Å². The van der Waals surface area contributed by atoms with Gasteiger partial charge in [-0.05, 0) is 42.9 Å². The summed E-state index contributed by atoms with van der Waals surface area (Å²) in [6, 6.07) is 0. The fourth-order valence-electron chi connectivity index (χ4n) is 3.40. The van der Waals surface area contributed by atoms with Crippen LogP contribution in [0.1, 0.15) is 66.7 Å². The van der Waals surface area contributed by atoms with Crippen LogP contribution in [0.5, 0.6) is 0 Å². The molecule has 25 heavy (non-hydrogen) atoms. The van der Waals surface area contributed by atoms with E-state index in [2.05, 4.69) is 76.8 Å². The second-order valence-corrected chi connectivity index (χ2v) is 9.12. The minimum Gasteiger partial charge on any atom is -1.00 e. The van der Waals surface area contributed by atoms with Gasteiger partial charge in [0.15, 0.2) is 0 Å². The third-order valence-corrected chi connectivity index (χ3v) is 6.12. The zero-order valence-electron chi connectivity index (χ0n) is 16.2. The van der Waals surface area contributed by atoms with Gasteiger partial charge in [0.1, 0.15) is 0 Å². The zero-order valence-corrected chi connectivity index (χ0v) is 20.1. The van der Waals surface area contributed by atoms with Gasteiger partial charge >= 0.3 is 21.7 Å². The molecule has 0 aromatic rings. The van der Waals surface area contributed by atoms with Crippen LogP contribution in [0.15, 0.2) is 41.0 Å². The van der Waals surface area contributed by atoms with Crippen molar-refractivity contribution in [1.29, 1.82) is 0 Å². The normalized spacial score (nSPS) is 22.0. The largest absolute Gasteiger partial charge is 3.00 e. The first-order chi connectivity index (χ1) is 10.4. The Morgan fingerprint density at radius 3 is 2.44 bits per heavy atom. The average Bonchev–Trinajstić information content (AvgIpc) is 2.93. The predicted molar refractivity (Wildman–Crippen MR) is 101 cm³/mol. The monoisotopic (exact) mass is 433 g/mol. The molecule has 1 radical (unpaired) electrons. The number of hydrogen-bond donors (Lipinski definition) is 0. The predicted octanol–water partition coefficient (Wildman–Crippen LogP) is 0.666. The van der Waals surface area contributed by atoms with Gasteiger partial charge in [0.05, 0.1) is 0 Å². The molecule has 2 aliphatic rings. The second-order valence-electron chi connectivity index (χ2n) is 7.64. The van der Waals surface area contributed by atoms with Gasteiger partial charge in [0.25, 0.3) is 0 Å². The Morgan fingerprint density at radius 1 is 1.24 bits per heavy atom. The van der Waals surface area contributed by atoms with Gasteiger partial charge in [0.2, 0.25) is 0 Å². The number of allylic oxidation sites excluding steroid dienone is 7. The second kappa shape index (κ2) is 12.1. The molecule has 1 unspecified atom stereocenters. The Hall–Kier alpha value is 0.604. The van der Waals surface area contributed by atoms with Crippen LogP contribution in [0, 0.1) is 11.5 Å². The molecular weight excluding hydrogens is 403 g/mol. The molecule has 0 aromatic heterocycles. The Kier molecular flexibility index (Phi) is 13.5. The molecule has 0 aromatic carbocycles. The van der Waals surface area contributed by atoms with Gasteiger partial charge in [0, 0.05) is 4.75 Å². The summed E-state index contributed by atoms with van der Waals surface area (Å²) in [5.74, 6) is 1.26. The molecule has 0 saturated heterocycles. The average molecular weight is 434 g/mol. The molecule has 0 saturated carbocycles. The van der Waals surface area contributed by atoms with E-state index in [4.69, 9.17) is 0 Å². The van der Waals surface area contributed by atoms with Crippen molar-refractivity contribution < 1.29 is 46.5 Å². The number of halogens is 2. The zero-order chi connectivity index (χ0) is 16.2. The molecule has 0 nitrogen and oxygen atoms in total. The maximum Gasteiger partial charge on any atom is 3.00 e. The smallest absolute Gasteiger partial charge is 1.00 e. The maximum atomic E-state index is 3.55. The van der Waals surface area contributed by atoms with E-state index >= 15 is 0 Å². The van der Waals surface area contributed by atoms with Gasteiger partial charge in [-0.25, -0.2) is 11.6 Å². The van der Waals surface area contributed by atoms with E-state index in [1.165, 1.54) is 29.7 Å². The third kappa shape index (κ3) is 7.63. The standard InChI is InChI=1S/C21H31S.2ClH.Ti/c1-6-7-14-22-21(16-18-10-8-9-11-18)13-12-17(2)15-19(21)20(3,4)5;;;/h8,10,12,15H,6-7,9,13-14,16H2,1-5H3;2*1H;/q-1;;;+3/p-2. The fourth-order valence-corrected chi connectivity index (χ4v) is 5.20. The quantitative estimate of drug-likeness (QED) is 0.337. The SMILES string of the molecule is CCCCSC1(CC2=[C-]CC=C2)CC=C(C)C=C1C(C)(C)C.[Cl-].[Cl-].[Ti+3].